The standard InChI is InChI=1S/C17H16BrN3OS2/c1-12-3-2-4-14(11-12)19-16-20-21-17(24-16)23-10-9-22-15-7-5-13(18)6-8-15/h2-8,11H,9-10H2,1H3,(H,19,20). The summed E-state index contributed by atoms with van der Waals surface area (Å²) < 4.78 is 7.68. The summed E-state index contributed by atoms with van der Waals surface area (Å²) in [5, 5.41) is 12.5. The number of rotatable bonds is 7. The van der Waals surface area contributed by atoms with E-state index in [0.717, 1.165) is 31.1 Å². The molecule has 2 aromatic carbocycles. The van der Waals surface area contributed by atoms with E-state index in [0.29, 0.717) is 6.61 Å². The van der Waals surface area contributed by atoms with Crippen LogP contribution in [0, 0.1) is 6.92 Å². The Bertz CT molecular complexity index is 793. The maximum atomic E-state index is 5.70. The fraction of sp³-hybridized carbons (Fsp3) is 0.176. The summed E-state index contributed by atoms with van der Waals surface area (Å²) in [5.41, 5.74) is 2.24. The minimum atomic E-state index is 0.631. The molecule has 1 aromatic heterocycles. The number of thioether (sulfide) groups is 1. The molecule has 124 valence electrons. The predicted octanol–water partition coefficient (Wildman–Crippen LogP) is 5.52. The number of ether oxygens (including phenoxy) is 1. The van der Waals surface area contributed by atoms with Crippen LogP contribution in [0.4, 0.5) is 10.8 Å². The molecule has 4 nitrogen and oxygen atoms in total. The van der Waals surface area contributed by atoms with Gasteiger partial charge in [0.2, 0.25) is 5.13 Å². The number of nitrogens with one attached hydrogen (secondary N) is 1. The highest BCUT2D eigenvalue weighted by atomic mass is 79.9. The van der Waals surface area contributed by atoms with Gasteiger partial charge >= 0.3 is 0 Å². The normalized spacial score (nSPS) is 10.6. The Balaban J connectivity index is 1.45. The van der Waals surface area contributed by atoms with Gasteiger partial charge in [0.1, 0.15) is 5.75 Å². The Morgan fingerprint density at radius 2 is 2.00 bits per heavy atom. The van der Waals surface area contributed by atoms with Crippen molar-refractivity contribution >= 4 is 49.8 Å². The van der Waals surface area contributed by atoms with Crippen LogP contribution in [0.3, 0.4) is 0 Å². The molecule has 0 bridgehead atoms. The van der Waals surface area contributed by atoms with Crippen LogP contribution < -0.4 is 10.1 Å². The third-order valence-corrected chi connectivity index (χ3v) is 5.53. The molecule has 0 atom stereocenters. The summed E-state index contributed by atoms with van der Waals surface area (Å²) >= 11 is 6.61. The first-order valence-corrected chi connectivity index (χ1v) is 9.97. The summed E-state index contributed by atoms with van der Waals surface area (Å²) in [6.07, 6.45) is 0. The lowest BCUT2D eigenvalue weighted by Gasteiger charge is -2.04. The lowest BCUT2D eigenvalue weighted by molar-refractivity contribution is 0.344. The smallest absolute Gasteiger partial charge is 0.210 e. The van der Waals surface area contributed by atoms with Crippen LogP contribution in [-0.4, -0.2) is 22.6 Å². The van der Waals surface area contributed by atoms with Crippen molar-refractivity contribution in [1.82, 2.24) is 10.2 Å². The van der Waals surface area contributed by atoms with Crippen LogP contribution in [0.25, 0.3) is 0 Å². The summed E-state index contributed by atoms with van der Waals surface area (Å²) in [5.74, 6) is 1.70. The Hall–Kier alpha value is -1.57. The zero-order chi connectivity index (χ0) is 16.8. The van der Waals surface area contributed by atoms with Gasteiger partial charge in [-0.1, -0.05) is 51.2 Å². The van der Waals surface area contributed by atoms with Crippen LogP contribution in [0.15, 0.2) is 57.3 Å². The highest BCUT2D eigenvalue weighted by molar-refractivity contribution is 9.10. The molecule has 0 unspecified atom stereocenters. The molecule has 1 heterocycles. The molecule has 3 aromatic rings. The van der Waals surface area contributed by atoms with Gasteiger partial charge in [0, 0.05) is 15.9 Å². The van der Waals surface area contributed by atoms with Gasteiger partial charge in [-0.05, 0) is 48.9 Å². The van der Waals surface area contributed by atoms with Crippen molar-refractivity contribution in [3.8, 4) is 5.75 Å². The summed E-state index contributed by atoms with van der Waals surface area (Å²) in [6.45, 7) is 2.70. The molecule has 0 saturated carbocycles. The van der Waals surface area contributed by atoms with E-state index >= 15 is 0 Å². The molecule has 24 heavy (non-hydrogen) atoms. The molecule has 3 rings (SSSR count). The number of halogens is 1. The van der Waals surface area contributed by atoms with Crippen molar-refractivity contribution in [3.05, 3.63) is 58.6 Å². The van der Waals surface area contributed by atoms with Crippen molar-refractivity contribution in [2.24, 2.45) is 0 Å². The zero-order valence-corrected chi connectivity index (χ0v) is 16.2. The van der Waals surface area contributed by atoms with E-state index in [2.05, 4.69) is 50.5 Å². The van der Waals surface area contributed by atoms with Gasteiger partial charge in [-0.25, -0.2) is 0 Å². The molecular formula is C17H16BrN3OS2. The van der Waals surface area contributed by atoms with Crippen molar-refractivity contribution < 1.29 is 4.74 Å². The largest absolute Gasteiger partial charge is 0.493 e. The van der Waals surface area contributed by atoms with Crippen LogP contribution in [0.1, 0.15) is 5.56 Å². The molecule has 0 aliphatic heterocycles. The monoisotopic (exact) mass is 421 g/mol. The number of aryl methyl sites for hydroxylation is 1. The van der Waals surface area contributed by atoms with E-state index in [-0.39, 0.29) is 0 Å². The first-order valence-electron chi connectivity index (χ1n) is 7.37. The molecule has 7 heteroatoms. The summed E-state index contributed by atoms with van der Waals surface area (Å²) in [7, 11) is 0. The Labute approximate surface area is 157 Å². The lowest BCUT2D eigenvalue weighted by Crippen LogP contribution is -1.99. The quantitative estimate of drug-likeness (QED) is 0.401. The predicted molar refractivity (Wildman–Crippen MR) is 105 cm³/mol. The molecule has 0 spiro atoms. The SMILES string of the molecule is Cc1cccc(Nc2nnc(SCCOc3ccc(Br)cc3)s2)c1. The molecule has 0 amide bonds. The van der Waals surface area contributed by atoms with Gasteiger partial charge in [0.25, 0.3) is 0 Å². The summed E-state index contributed by atoms with van der Waals surface area (Å²) in [4.78, 5) is 0. The van der Waals surface area contributed by atoms with E-state index in [1.807, 2.05) is 36.4 Å². The van der Waals surface area contributed by atoms with Gasteiger partial charge in [-0.15, -0.1) is 10.2 Å². The number of anilines is 2. The Morgan fingerprint density at radius 1 is 1.17 bits per heavy atom. The molecule has 1 N–H and O–H groups in total. The van der Waals surface area contributed by atoms with Crippen molar-refractivity contribution in [2.75, 3.05) is 17.7 Å². The minimum absolute atomic E-state index is 0.631. The number of aromatic nitrogens is 2. The third kappa shape index (κ3) is 5.22. The second-order valence-electron chi connectivity index (χ2n) is 5.02. The van der Waals surface area contributed by atoms with Crippen molar-refractivity contribution in [3.63, 3.8) is 0 Å². The maximum absolute atomic E-state index is 5.70. The van der Waals surface area contributed by atoms with Crippen LogP contribution in [-0.2, 0) is 0 Å². The fourth-order valence-electron chi connectivity index (χ4n) is 1.98. The average molecular weight is 422 g/mol. The lowest BCUT2D eigenvalue weighted by atomic mass is 10.2. The van der Waals surface area contributed by atoms with E-state index in [4.69, 9.17) is 4.74 Å². The number of nitrogens with zero attached hydrogens (tertiary/aromatic N) is 2. The number of hydrogen-bond donors (Lipinski definition) is 1. The fourth-order valence-corrected chi connectivity index (χ4v) is 3.91. The molecule has 0 radical (unpaired) electrons. The summed E-state index contributed by atoms with van der Waals surface area (Å²) in [6, 6.07) is 16.0. The minimum Gasteiger partial charge on any atom is -0.493 e. The van der Waals surface area contributed by atoms with Gasteiger partial charge < -0.3 is 10.1 Å². The van der Waals surface area contributed by atoms with Crippen molar-refractivity contribution in [1.29, 1.82) is 0 Å². The second-order valence-corrected chi connectivity index (χ2v) is 8.25. The first kappa shape index (κ1) is 17.3. The van der Waals surface area contributed by atoms with Crippen molar-refractivity contribution in [2.45, 2.75) is 11.3 Å². The van der Waals surface area contributed by atoms with Gasteiger partial charge in [-0.3, -0.25) is 0 Å². The molecule has 0 fully saturated rings. The van der Waals surface area contributed by atoms with Gasteiger partial charge in [0.15, 0.2) is 4.34 Å². The average Bonchev–Trinajstić information content (AvgIpc) is 3.01. The van der Waals surface area contributed by atoms with Crippen LogP contribution >= 0.6 is 39.0 Å². The van der Waals surface area contributed by atoms with Gasteiger partial charge in [-0.2, -0.15) is 0 Å². The number of hydrogen-bond acceptors (Lipinski definition) is 6. The maximum Gasteiger partial charge on any atom is 0.210 e. The third-order valence-electron chi connectivity index (χ3n) is 3.07. The second kappa shape index (κ2) is 8.50. The first-order chi connectivity index (χ1) is 11.7. The molecule has 0 aliphatic rings. The zero-order valence-electron chi connectivity index (χ0n) is 13.0. The van der Waals surface area contributed by atoms with E-state index in [9.17, 15) is 0 Å². The molecule has 0 saturated heterocycles. The topological polar surface area (TPSA) is 47.0 Å². The number of benzene rings is 2. The van der Waals surface area contributed by atoms with Gasteiger partial charge in [0.05, 0.1) is 6.61 Å². The molecular weight excluding hydrogens is 406 g/mol. The van der Waals surface area contributed by atoms with E-state index in [1.165, 1.54) is 5.56 Å². The molecule has 0 aliphatic carbocycles. The van der Waals surface area contributed by atoms with Crippen LogP contribution in [0.5, 0.6) is 5.75 Å². The highest BCUT2D eigenvalue weighted by Gasteiger charge is 2.05. The van der Waals surface area contributed by atoms with E-state index < -0.39 is 0 Å². The Morgan fingerprint density at radius 3 is 2.79 bits per heavy atom. The van der Waals surface area contributed by atoms with Crippen LogP contribution in [0.2, 0.25) is 0 Å². The van der Waals surface area contributed by atoms with E-state index in [1.54, 1.807) is 23.1 Å². The highest BCUT2D eigenvalue weighted by Crippen LogP contribution is 2.28. The Kier molecular flexibility index (Phi) is 6.12.